The molecule has 3 aromatic rings. The van der Waals surface area contributed by atoms with Crippen molar-refractivity contribution in [1.29, 1.82) is 0 Å². The summed E-state index contributed by atoms with van der Waals surface area (Å²) in [6.45, 7) is 9.46. The van der Waals surface area contributed by atoms with Gasteiger partial charge in [-0.05, 0) is 37.7 Å². The molecule has 0 bridgehead atoms. The first kappa shape index (κ1) is 22.6. The van der Waals surface area contributed by atoms with E-state index in [2.05, 4.69) is 23.8 Å². The molecule has 3 rings (SSSR count). The van der Waals surface area contributed by atoms with E-state index in [0.717, 1.165) is 35.4 Å². The molecular weight excluding hydrogens is 417 g/mol. The van der Waals surface area contributed by atoms with Gasteiger partial charge < -0.3 is 4.90 Å². The number of benzene rings is 1. The van der Waals surface area contributed by atoms with Gasteiger partial charge in [-0.1, -0.05) is 42.9 Å². The number of fused-ring (bicyclic) bond motifs is 1. The highest BCUT2D eigenvalue weighted by Crippen LogP contribution is 2.36. The van der Waals surface area contributed by atoms with E-state index >= 15 is 0 Å². The number of aromatic nitrogens is 3. The second-order valence-corrected chi connectivity index (χ2v) is 7.75. The highest BCUT2D eigenvalue weighted by atomic mass is 35.5. The van der Waals surface area contributed by atoms with Gasteiger partial charge in [0.2, 0.25) is 0 Å². The van der Waals surface area contributed by atoms with E-state index in [1.807, 2.05) is 19.1 Å². The molecular formula is C19H25Cl2N5OS. The summed E-state index contributed by atoms with van der Waals surface area (Å²) < 4.78 is 2.51. The summed E-state index contributed by atoms with van der Waals surface area (Å²) in [6.07, 6.45) is 1.63. The Morgan fingerprint density at radius 3 is 2.50 bits per heavy atom. The topological polar surface area (TPSA) is 54.3 Å². The van der Waals surface area contributed by atoms with E-state index in [1.165, 1.54) is 11.3 Å². The lowest BCUT2D eigenvalue weighted by atomic mass is 10.2. The Kier molecular flexibility index (Phi) is 7.83. The molecule has 0 spiro atoms. The fourth-order valence-corrected chi connectivity index (χ4v) is 4.33. The van der Waals surface area contributed by atoms with E-state index in [1.54, 1.807) is 28.9 Å². The lowest BCUT2D eigenvalue weighted by Crippen LogP contribution is -2.39. The highest BCUT2D eigenvalue weighted by molar-refractivity contribution is 7.23. The lowest BCUT2D eigenvalue weighted by molar-refractivity contribution is 0.0974. The van der Waals surface area contributed by atoms with Crippen molar-refractivity contribution >= 4 is 56.6 Å². The van der Waals surface area contributed by atoms with Crippen LogP contribution in [0.25, 0.3) is 10.2 Å². The number of amides is 1. The van der Waals surface area contributed by atoms with E-state index in [0.29, 0.717) is 22.4 Å². The van der Waals surface area contributed by atoms with Crippen LogP contribution >= 0.6 is 35.3 Å². The number of rotatable bonds is 7. The molecule has 0 unspecified atom stereocenters. The molecule has 2 heterocycles. The molecule has 0 aliphatic carbocycles. The van der Waals surface area contributed by atoms with Crippen molar-refractivity contribution in [2.24, 2.45) is 7.05 Å². The molecule has 0 aliphatic heterocycles. The van der Waals surface area contributed by atoms with Crippen LogP contribution in [0.4, 0.5) is 5.13 Å². The van der Waals surface area contributed by atoms with Gasteiger partial charge in [0.1, 0.15) is 5.69 Å². The van der Waals surface area contributed by atoms with Crippen LogP contribution in [0.2, 0.25) is 5.02 Å². The number of hydrogen-bond acceptors (Lipinski definition) is 5. The van der Waals surface area contributed by atoms with Gasteiger partial charge >= 0.3 is 0 Å². The van der Waals surface area contributed by atoms with Crippen molar-refractivity contribution in [3.63, 3.8) is 0 Å². The van der Waals surface area contributed by atoms with Crippen LogP contribution in [0.5, 0.6) is 0 Å². The quantitative estimate of drug-likeness (QED) is 0.544. The minimum atomic E-state index is -0.102. The van der Waals surface area contributed by atoms with Gasteiger partial charge in [0.25, 0.3) is 5.91 Å². The van der Waals surface area contributed by atoms with Gasteiger partial charge in [0.15, 0.2) is 5.13 Å². The van der Waals surface area contributed by atoms with Crippen molar-refractivity contribution in [3.8, 4) is 0 Å². The maximum atomic E-state index is 13.2. The Hall–Kier alpha value is -1.67. The molecule has 0 radical (unpaired) electrons. The Labute approximate surface area is 180 Å². The van der Waals surface area contributed by atoms with Crippen molar-refractivity contribution in [2.45, 2.75) is 20.8 Å². The van der Waals surface area contributed by atoms with Crippen LogP contribution in [0.3, 0.4) is 0 Å². The van der Waals surface area contributed by atoms with Gasteiger partial charge in [-0.15, -0.1) is 12.4 Å². The molecule has 0 aliphatic rings. The zero-order chi connectivity index (χ0) is 19.6. The minimum Gasteiger partial charge on any atom is -0.302 e. The number of halogens is 2. The molecule has 0 N–H and O–H groups in total. The Bertz CT molecular complexity index is 912. The van der Waals surface area contributed by atoms with Crippen LogP contribution in [-0.2, 0) is 7.05 Å². The number of anilines is 1. The Balaban J connectivity index is 0.00000280. The molecule has 152 valence electrons. The zero-order valence-electron chi connectivity index (χ0n) is 16.5. The van der Waals surface area contributed by atoms with Crippen LogP contribution in [0.1, 0.15) is 29.9 Å². The Morgan fingerprint density at radius 1 is 1.21 bits per heavy atom. The highest BCUT2D eigenvalue weighted by Gasteiger charge is 2.24. The van der Waals surface area contributed by atoms with Crippen molar-refractivity contribution < 1.29 is 4.79 Å². The fourth-order valence-electron chi connectivity index (χ4n) is 2.99. The first-order valence-electron chi connectivity index (χ1n) is 9.04. The monoisotopic (exact) mass is 441 g/mol. The maximum absolute atomic E-state index is 13.2. The average molecular weight is 442 g/mol. The van der Waals surface area contributed by atoms with Gasteiger partial charge in [0, 0.05) is 26.3 Å². The maximum Gasteiger partial charge on any atom is 0.278 e. The number of thiazole rings is 1. The molecule has 0 saturated heterocycles. The van der Waals surface area contributed by atoms with Crippen molar-refractivity contribution in [2.75, 3.05) is 31.1 Å². The first-order valence-corrected chi connectivity index (χ1v) is 10.2. The summed E-state index contributed by atoms with van der Waals surface area (Å²) in [5, 5.41) is 5.46. The molecule has 1 amide bonds. The van der Waals surface area contributed by atoms with Crippen LogP contribution in [0.15, 0.2) is 24.4 Å². The van der Waals surface area contributed by atoms with Gasteiger partial charge in [-0.3, -0.25) is 14.4 Å². The lowest BCUT2D eigenvalue weighted by Gasteiger charge is -2.24. The number of hydrogen-bond donors (Lipinski definition) is 0. The van der Waals surface area contributed by atoms with Crippen molar-refractivity contribution in [1.82, 2.24) is 19.7 Å². The molecule has 0 atom stereocenters. The van der Waals surface area contributed by atoms with Gasteiger partial charge in [-0.25, -0.2) is 4.98 Å². The van der Waals surface area contributed by atoms with E-state index < -0.39 is 0 Å². The molecule has 9 heteroatoms. The third kappa shape index (κ3) is 4.49. The van der Waals surface area contributed by atoms with Gasteiger partial charge in [0.05, 0.1) is 15.2 Å². The number of likely N-dealkylation sites (N-methyl/N-ethyl adjacent to an activating group) is 1. The van der Waals surface area contributed by atoms with Crippen LogP contribution in [-0.4, -0.2) is 51.8 Å². The predicted molar refractivity (Wildman–Crippen MR) is 119 cm³/mol. The normalized spacial score (nSPS) is 11.1. The first-order chi connectivity index (χ1) is 13.0. The largest absolute Gasteiger partial charge is 0.302 e. The van der Waals surface area contributed by atoms with Crippen molar-refractivity contribution in [3.05, 3.63) is 40.7 Å². The second kappa shape index (κ2) is 9.69. The summed E-state index contributed by atoms with van der Waals surface area (Å²) >= 11 is 7.83. The summed E-state index contributed by atoms with van der Waals surface area (Å²) in [5.41, 5.74) is 2.44. The third-order valence-electron chi connectivity index (χ3n) is 4.74. The summed E-state index contributed by atoms with van der Waals surface area (Å²) in [4.78, 5) is 22.0. The minimum absolute atomic E-state index is 0. The second-order valence-electron chi connectivity index (χ2n) is 6.36. The summed E-state index contributed by atoms with van der Waals surface area (Å²) in [6, 6.07) is 5.57. The Morgan fingerprint density at radius 2 is 1.93 bits per heavy atom. The van der Waals surface area contributed by atoms with E-state index in [4.69, 9.17) is 16.6 Å². The summed E-state index contributed by atoms with van der Waals surface area (Å²) in [5.74, 6) is -0.102. The van der Waals surface area contributed by atoms with E-state index in [9.17, 15) is 4.79 Å². The smallest absolute Gasteiger partial charge is 0.278 e. The number of nitrogens with zero attached hydrogens (tertiary/aromatic N) is 5. The molecule has 1 aromatic carbocycles. The van der Waals surface area contributed by atoms with Crippen LogP contribution < -0.4 is 4.90 Å². The SMILES string of the molecule is CCN(CC)CCN(C(=O)c1ccnn1C)c1nc2c(C)ccc(Cl)c2s1.Cl. The molecule has 6 nitrogen and oxygen atoms in total. The van der Waals surface area contributed by atoms with E-state index in [-0.39, 0.29) is 18.3 Å². The number of aryl methyl sites for hydroxylation is 2. The third-order valence-corrected chi connectivity index (χ3v) is 6.27. The van der Waals surface area contributed by atoms with Gasteiger partial charge in [-0.2, -0.15) is 5.10 Å². The molecule has 28 heavy (non-hydrogen) atoms. The average Bonchev–Trinajstić information content (AvgIpc) is 3.29. The molecule has 2 aromatic heterocycles. The summed E-state index contributed by atoms with van der Waals surface area (Å²) in [7, 11) is 1.77. The standard InChI is InChI=1S/C19H24ClN5OS.ClH/c1-5-24(6-2)11-12-25(18(26)15-9-10-21-23(15)4)19-22-16-13(3)7-8-14(20)17(16)27-19;/h7-10H,5-6,11-12H2,1-4H3;1H. The predicted octanol–water partition coefficient (Wildman–Crippen LogP) is 4.40. The fraction of sp³-hybridized carbons (Fsp3) is 0.421. The number of carbonyl (C=O) groups is 1. The number of carbonyl (C=O) groups excluding carboxylic acids is 1. The van der Waals surface area contributed by atoms with Crippen LogP contribution in [0, 0.1) is 6.92 Å². The molecule has 0 saturated carbocycles. The zero-order valence-corrected chi connectivity index (χ0v) is 18.9. The molecule has 0 fully saturated rings.